The summed E-state index contributed by atoms with van der Waals surface area (Å²) in [7, 11) is 0. The zero-order valence-electron chi connectivity index (χ0n) is 12.3. The summed E-state index contributed by atoms with van der Waals surface area (Å²) in [6.07, 6.45) is 3.29. The van der Waals surface area contributed by atoms with E-state index in [4.69, 9.17) is 4.98 Å². The van der Waals surface area contributed by atoms with Crippen molar-refractivity contribution in [3.05, 3.63) is 10.6 Å². The van der Waals surface area contributed by atoms with Gasteiger partial charge in [-0.05, 0) is 30.6 Å². The van der Waals surface area contributed by atoms with Crippen molar-refractivity contribution in [3.8, 4) is 0 Å². The van der Waals surface area contributed by atoms with E-state index in [1.54, 1.807) is 11.3 Å². The Morgan fingerprint density at radius 3 is 2.58 bits per heavy atom. The third-order valence-electron chi connectivity index (χ3n) is 4.00. The Bertz CT molecular complexity index is 433. The summed E-state index contributed by atoms with van der Waals surface area (Å²) in [6, 6.07) is 0. The maximum atomic E-state index is 11.2. The lowest BCUT2D eigenvalue weighted by Gasteiger charge is -2.34. The number of hydrogen-bond donors (Lipinski definition) is 0. The molecule has 1 aliphatic heterocycles. The molecule has 4 heteroatoms. The molecule has 1 aliphatic rings. The summed E-state index contributed by atoms with van der Waals surface area (Å²) in [6.45, 7) is 11.0. The van der Waals surface area contributed by atoms with Crippen molar-refractivity contribution >= 4 is 22.8 Å². The van der Waals surface area contributed by atoms with Crippen molar-refractivity contribution < 1.29 is 4.79 Å². The second-order valence-electron chi connectivity index (χ2n) is 6.02. The molecule has 2 rings (SSSR count). The molecule has 2 heterocycles. The zero-order valence-corrected chi connectivity index (χ0v) is 13.2. The lowest BCUT2D eigenvalue weighted by atomic mass is 9.92. The Morgan fingerprint density at radius 2 is 2.05 bits per heavy atom. The van der Waals surface area contributed by atoms with Crippen LogP contribution in [0.25, 0.3) is 0 Å². The zero-order chi connectivity index (χ0) is 14.0. The Kier molecular flexibility index (Phi) is 4.61. The van der Waals surface area contributed by atoms with Crippen LogP contribution in [0, 0.1) is 11.8 Å². The second-order valence-corrected chi connectivity index (χ2v) is 7.03. The molecule has 19 heavy (non-hydrogen) atoms. The molecule has 1 aromatic heterocycles. The topological polar surface area (TPSA) is 33.2 Å². The van der Waals surface area contributed by atoms with Gasteiger partial charge in [0, 0.05) is 13.1 Å². The van der Waals surface area contributed by atoms with Gasteiger partial charge in [0.1, 0.15) is 0 Å². The molecule has 1 fully saturated rings. The van der Waals surface area contributed by atoms with Gasteiger partial charge in [-0.2, -0.15) is 0 Å². The highest BCUT2D eigenvalue weighted by molar-refractivity contribution is 7.17. The third-order valence-corrected chi connectivity index (χ3v) is 5.05. The van der Waals surface area contributed by atoms with Gasteiger partial charge in [0.05, 0.1) is 10.6 Å². The minimum Gasteiger partial charge on any atom is -0.348 e. The van der Waals surface area contributed by atoms with Crippen LogP contribution in [0.3, 0.4) is 0 Å². The number of aldehydes is 1. The third kappa shape index (κ3) is 3.16. The number of carbonyl (C=O) groups excluding carboxylic acids is 1. The van der Waals surface area contributed by atoms with Crippen LogP contribution in [-0.2, 0) is 0 Å². The second kappa shape index (κ2) is 6.04. The number of rotatable bonds is 4. The first-order valence-corrected chi connectivity index (χ1v) is 8.07. The first kappa shape index (κ1) is 14.5. The Balaban J connectivity index is 2.25. The molecule has 1 saturated heterocycles. The normalized spacial score (nSPS) is 25.4. The van der Waals surface area contributed by atoms with Crippen LogP contribution in [-0.4, -0.2) is 24.4 Å². The molecular formula is C15H24N2OS. The fourth-order valence-corrected chi connectivity index (χ4v) is 3.94. The fraction of sp³-hybridized carbons (Fsp3) is 0.733. The standard InChI is InChI=1S/C15H24N2OS/c1-5-12(4)14-13(9-18)19-15(16-14)17-7-10(2)6-11(3)8-17/h9-12H,5-8H2,1-4H3. The van der Waals surface area contributed by atoms with E-state index >= 15 is 0 Å². The molecule has 3 unspecified atom stereocenters. The van der Waals surface area contributed by atoms with Crippen molar-refractivity contribution in [3.63, 3.8) is 0 Å². The van der Waals surface area contributed by atoms with E-state index in [-0.39, 0.29) is 0 Å². The van der Waals surface area contributed by atoms with Crippen LogP contribution in [0.15, 0.2) is 0 Å². The van der Waals surface area contributed by atoms with Crippen molar-refractivity contribution in [2.75, 3.05) is 18.0 Å². The van der Waals surface area contributed by atoms with Crippen molar-refractivity contribution in [2.45, 2.75) is 46.5 Å². The summed E-state index contributed by atoms with van der Waals surface area (Å²) >= 11 is 1.56. The molecule has 0 saturated carbocycles. The van der Waals surface area contributed by atoms with Crippen LogP contribution in [0.5, 0.6) is 0 Å². The molecule has 3 atom stereocenters. The average Bonchev–Trinajstić information content (AvgIpc) is 2.80. The van der Waals surface area contributed by atoms with Crippen LogP contribution in [0.2, 0.25) is 0 Å². The minimum absolute atomic E-state index is 0.366. The summed E-state index contributed by atoms with van der Waals surface area (Å²) in [5.41, 5.74) is 0.989. The molecule has 0 amide bonds. The largest absolute Gasteiger partial charge is 0.348 e. The van der Waals surface area contributed by atoms with E-state index in [1.807, 2.05) is 0 Å². The van der Waals surface area contributed by atoms with E-state index in [0.29, 0.717) is 17.8 Å². The van der Waals surface area contributed by atoms with Crippen LogP contribution < -0.4 is 4.90 Å². The van der Waals surface area contributed by atoms with Crippen molar-refractivity contribution in [1.29, 1.82) is 0 Å². The number of thiazole rings is 1. The SMILES string of the molecule is CCC(C)c1nc(N2CC(C)CC(C)C2)sc1C=O. The predicted octanol–water partition coefficient (Wildman–Crippen LogP) is 3.95. The smallest absolute Gasteiger partial charge is 0.186 e. The van der Waals surface area contributed by atoms with E-state index in [0.717, 1.165) is 41.5 Å². The Hall–Kier alpha value is -0.900. The summed E-state index contributed by atoms with van der Waals surface area (Å²) in [5, 5.41) is 1.04. The minimum atomic E-state index is 0.366. The number of hydrogen-bond acceptors (Lipinski definition) is 4. The predicted molar refractivity (Wildman–Crippen MR) is 81.4 cm³/mol. The summed E-state index contributed by atoms with van der Waals surface area (Å²) < 4.78 is 0. The van der Waals surface area contributed by atoms with E-state index in [2.05, 4.69) is 32.6 Å². The lowest BCUT2D eigenvalue weighted by molar-refractivity contribution is 0.112. The van der Waals surface area contributed by atoms with E-state index in [1.165, 1.54) is 6.42 Å². The molecule has 0 N–H and O–H groups in total. The molecule has 0 bridgehead atoms. The fourth-order valence-electron chi connectivity index (χ4n) is 2.92. The molecule has 0 aliphatic carbocycles. The quantitative estimate of drug-likeness (QED) is 0.783. The van der Waals surface area contributed by atoms with Gasteiger partial charge in [0.2, 0.25) is 0 Å². The van der Waals surface area contributed by atoms with Gasteiger partial charge in [0.25, 0.3) is 0 Å². The van der Waals surface area contributed by atoms with Crippen LogP contribution in [0.1, 0.15) is 61.8 Å². The van der Waals surface area contributed by atoms with Crippen molar-refractivity contribution in [1.82, 2.24) is 4.98 Å². The number of nitrogens with zero attached hydrogens (tertiary/aromatic N) is 2. The summed E-state index contributed by atoms with van der Waals surface area (Å²) in [5.74, 6) is 1.78. The van der Waals surface area contributed by atoms with Gasteiger partial charge in [-0.15, -0.1) is 0 Å². The van der Waals surface area contributed by atoms with E-state index in [9.17, 15) is 4.79 Å². The molecular weight excluding hydrogens is 256 g/mol. The lowest BCUT2D eigenvalue weighted by Crippen LogP contribution is -2.38. The first-order valence-electron chi connectivity index (χ1n) is 7.25. The maximum absolute atomic E-state index is 11.2. The maximum Gasteiger partial charge on any atom is 0.186 e. The van der Waals surface area contributed by atoms with Crippen molar-refractivity contribution in [2.24, 2.45) is 11.8 Å². The highest BCUT2D eigenvalue weighted by Gasteiger charge is 2.25. The first-order chi connectivity index (χ1) is 9.05. The molecule has 3 nitrogen and oxygen atoms in total. The monoisotopic (exact) mass is 280 g/mol. The Morgan fingerprint density at radius 1 is 1.42 bits per heavy atom. The van der Waals surface area contributed by atoms with Crippen LogP contribution >= 0.6 is 11.3 Å². The number of aromatic nitrogens is 1. The highest BCUT2D eigenvalue weighted by atomic mass is 32.1. The number of anilines is 1. The number of piperidine rings is 1. The van der Waals surface area contributed by atoms with Gasteiger partial charge < -0.3 is 4.90 Å². The van der Waals surface area contributed by atoms with Gasteiger partial charge >= 0.3 is 0 Å². The number of carbonyl (C=O) groups is 1. The van der Waals surface area contributed by atoms with Gasteiger partial charge in [-0.1, -0.05) is 39.0 Å². The Labute approximate surface area is 120 Å². The van der Waals surface area contributed by atoms with Crippen LogP contribution in [0.4, 0.5) is 5.13 Å². The molecule has 0 radical (unpaired) electrons. The average molecular weight is 280 g/mol. The molecule has 0 aromatic carbocycles. The highest BCUT2D eigenvalue weighted by Crippen LogP contribution is 2.34. The van der Waals surface area contributed by atoms with Gasteiger partial charge in [-0.3, -0.25) is 4.79 Å². The van der Waals surface area contributed by atoms with E-state index < -0.39 is 0 Å². The molecule has 106 valence electrons. The molecule has 1 aromatic rings. The van der Waals surface area contributed by atoms with Gasteiger partial charge in [-0.25, -0.2) is 4.98 Å². The molecule has 0 spiro atoms. The van der Waals surface area contributed by atoms with Gasteiger partial charge in [0.15, 0.2) is 11.4 Å². The summed E-state index contributed by atoms with van der Waals surface area (Å²) in [4.78, 5) is 19.2.